The van der Waals surface area contributed by atoms with Gasteiger partial charge >= 0.3 is 0 Å². The first-order valence-corrected chi connectivity index (χ1v) is 6.56. The summed E-state index contributed by atoms with van der Waals surface area (Å²) in [6, 6.07) is 3.71. The van der Waals surface area contributed by atoms with Crippen molar-refractivity contribution in [3.05, 3.63) is 29.7 Å². The summed E-state index contributed by atoms with van der Waals surface area (Å²) in [5.74, 6) is 1.15. The largest absolute Gasteiger partial charge is 0.341 e. The fourth-order valence-electron chi connectivity index (χ4n) is 1.51. The van der Waals surface area contributed by atoms with E-state index in [0.717, 1.165) is 10.7 Å². The Morgan fingerprint density at radius 1 is 1.47 bits per heavy atom. The lowest BCUT2D eigenvalue weighted by molar-refractivity contribution is -0.114. The molecule has 0 spiro atoms. The van der Waals surface area contributed by atoms with E-state index < -0.39 is 0 Å². The van der Waals surface area contributed by atoms with Crippen molar-refractivity contribution in [2.45, 2.75) is 13.8 Å². The Hall–Kier alpha value is -2.02. The molecule has 0 aliphatic rings. The first kappa shape index (κ1) is 13.4. The molecule has 2 aromatic heterocycles. The second-order valence-electron chi connectivity index (χ2n) is 4.25. The van der Waals surface area contributed by atoms with Crippen molar-refractivity contribution in [3.63, 3.8) is 0 Å². The van der Waals surface area contributed by atoms with Gasteiger partial charge in [-0.2, -0.15) is 4.37 Å². The first-order valence-electron chi connectivity index (χ1n) is 5.78. The summed E-state index contributed by atoms with van der Waals surface area (Å²) in [6.07, 6.45) is 1.67. The lowest BCUT2D eigenvalue weighted by Gasteiger charge is -2.14. The highest BCUT2D eigenvalue weighted by atomic mass is 32.1. The van der Waals surface area contributed by atoms with E-state index in [0.29, 0.717) is 11.6 Å². The van der Waals surface area contributed by atoms with Crippen molar-refractivity contribution in [2.75, 3.05) is 23.8 Å². The molecule has 7 heteroatoms. The van der Waals surface area contributed by atoms with Gasteiger partial charge in [0, 0.05) is 24.8 Å². The number of amides is 1. The maximum Gasteiger partial charge on any atom is 0.245 e. The Morgan fingerprint density at radius 3 is 2.89 bits per heavy atom. The number of likely N-dealkylation sites (N-methyl/N-ethyl adjacent to an activating group) is 1. The van der Waals surface area contributed by atoms with Gasteiger partial charge in [-0.15, -0.1) is 0 Å². The standard InChI is InChI=1S/C12H15N5OS/c1-8-4-5-13-10(6-8)15-11(18)7-17(3)12-14-9(2)16-19-12/h4-6H,7H2,1-3H3,(H,13,15,18). The van der Waals surface area contributed by atoms with Crippen LogP contribution in [0.5, 0.6) is 0 Å². The number of carbonyl (C=O) groups is 1. The van der Waals surface area contributed by atoms with Crippen LogP contribution in [-0.4, -0.2) is 33.8 Å². The van der Waals surface area contributed by atoms with Crippen molar-refractivity contribution >= 4 is 28.4 Å². The van der Waals surface area contributed by atoms with Crippen LogP contribution in [0.25, 0.3) is 0 Å². The molecule has 1 amide bonds. The number of nitrogens with zero attached hydrogens (tertiary/aromatic N) is 4. The number of aryl methyl sites for hydroxylation is 2. The van der Waals surface area contributed by atoms with Crippen molar-refractivity contribution < 1.29 is 4.79 Å². The number of hydrogen-bond acceptors (Lipinski definition) is 6. The van der Waals surface area contributed by atoms with Crippen LogP contribution in [0, 0.1) is 13.8 Å². The van der Waals surface area contributed by atoms with Crippen LogP contribution in [-0.2, 0) is 4.79 Å². The van der Waals surface area contributed by atoms with E-state index in [1.165, 1.54) is 11.5 Å². The quantitative estimate of drug-likeness (QED) is 0.919. The SMILES string of the molecule is Cc1ccnc(NC(=O)CN(C)c2nc(C)ns2)c1. The summed E-state index contributed by atoms with van der Waals surface area (Å²) in [5, 5.41) is 3.48. The van der Waals surface area contributed by atoms with Gasteiger partial charge < -0.3 is 10.2 Å². The molecule has 0 radical (unpaired) electrons. The smallest absolute Gasteiger partial charge is 0.245 e. The molecule has 19 heavy (non-hydrogen) atoms. The van der Waals surface area contributed by atoms with E-state index in [9.17, 15) is 4.79 Å². The van der Waals surface area contributed by atoms with Crippen LogP contribution in [0.4, 0.5) is 10.9 Å². The molecule has 0 saturated carbocycles. The number of anilines is 2. The van der Waals surface area contributed by atoms with Crippen molar-refractivity contribution in [2.24, 2.45) is 0 Å². The van der Waals surface area contributed by atoms with Crippen LogP contribution < -0.4 is 10.2 Å². The molecule has 2 rings (SSSR count). The van der Waals surface area contributed by atoms with Gasteiger partial charge in [-0.1, -0.05) is 0 Å². The van der Waals surface area contributed by atoms with Gasteiger partial charge in [0.15, 0.2) is 0 Å². The second kappa shape index (κ2) is 5.75. The Labute approximate surface area is 115 Å². The third-order valence-electron chi connectivity index (χ3n) is 2.41. The molecule has 0 bridgehead atoms. The van der Waals surface area contributed by atoms with Gasteiger partial charge in [0.2, 0.25) is 11.0 Å². The van der Waals surface area contributed by atoms with E-state index >= 15 is 0 Å². The van der Waals surface area contributed by atoms with E-state index in [1.54, 1.807) is 11.1 Å². The van der Waals surface area contributed by atoms with Crippen molar-refractivity contribution in [3.8, 4) is 0 Å². The minimum atomic E-state index is -0.131. The number of aromatic nitrogens is 3. The minimum absolute atomic E-state index is 0.131. The molecule has 0 unspecified atom stereocenters. The zero-order valence-corrected chi connectivity index (χ0v) is 11.9. The summed E-state index contributed by atoms with van der Waals surface area (Å²) >= 11 is 1.28. The topological polar surface area (TPSA) is 71.0 Å². The van der Waals surface area contributed by atoms with Gasteiger partial charge in [0.05, 0.1) is 6.54 Å². The zero-order chi connectivity index (χ0) is 13.8. The lowest BCUT2D eigenvalue weighted by atomic mass is 10.3. The third kappa shape index (κ3) is 3.72. The molecule has 0 aliphatic heterocycles. The molecular weight excluding hydrogens is 262 g/mol. The predicted octanol–water partition coefficient (Wildman–Crippen LogP) is 1.62. The average Bonchev–Trinajstić information content (AvgIpc) is 2.75. The van der Waals surface area contributed by atoms with Crippen LogP contribution in [0.2, 0.25) is 0 Å². The van der Waals surface area contributed by atoms with E-state index in [1.807, 2.05) is 33.0 Å². The normalized spacial score (nSPS) is 10.3. The number of pyridine rings is 1. The first-order chi connectivity index (χ1) is 9.04. The molecule has 0 aromatic carbocycles. The molecule has 100 valence electrons. The summed E-state index contributed by atoms with van der Waals surface area (Å²) < 4.78 is 4.09. The van der Waals surface area contributed by atoms with Gasteiger partial charge in [0.1, 0.15) is 11.6 Å². The van der Waals surface area contributed by atoms with E-state index in [4.69, 9.17) is 0 Å². The summed E-state index contributed by atoms with van der Waals surface area (Å²) in [4.78, 5) is 21.9. The number of rotatable bonds is 4. The van der Waals surface area contributed by atoms with E-state index in [2.05, 4.69) is 19.7 Å². The van der Waals surface area contributed by atoms with Crippen LogP contribution in [0.3, 0.4) is 0 Å². The monoisotopic (exact) mass is 277 g/mol. The molecule has 0 fully saturated rings. The molecular formula is C12H15N5OS. The lowest BCUT2D eigenvalue weighted by Crippen LogP contribution is -2.30. The van der Waals surface area contributed by atoms with Crippen LogP contribution in [0.1, 0.15) is 11.4 Å². The minimum Gasteiger partial charge on any atom is -0.341 e. The van der Waals surface area contributed by atoms with E-state index in [-0.39, 0.29) is 12.5 Å². The number of carbonyl (C=O) groups excluding carboxylic acids is 1. The highest BCUT2D eigenvalue weighted by molar-refractivity contribution is 7.09. The molecule has 0 aliphatic carbocycles. The molecule has 0 atom stereocenters. The van der Waals surface area contributed by atoms with Gasteiger partial charge in [-0.3, -0.25) is 4.79 Å². The Kier molecular flexibility index (Phi) is 4.06. The third-order valence-corrected chi connectivity index (χ3v) is 3.33. The molecule has 2 heterocycles. The second-order valence-corrected chi connectivity index (χ2v) is 4.98. The Balaban J connectivity index is 1.94. The highest BCUT2D eigenvalue weighted by Gasteiger charge is 2.11. The van der Waals surface area contributed by atoms with Crippen LogP contribution >= 0.6 is 11.5 Å². The van der Waals surface area contributed by atoms with Gasteiger partial charge in [-0.05, 0) is 31.5 Å². The summed E-state index contributed by atoms with van der Waals surface area (Å²) in [5.41, 5.74) is 1.05. The maximum atomic E-state index is 11.9. The van der Waals surface area contributed by atoms with Gasteiger partial charge in [-0.25, -0.2) is 9.97 Å². The summed E-state index contributed by atoms with van der Waals surface area (Å²) in [7, 11) is 1.81. The van der Waals surface area contributed by atoms with Crippen molar-refractivity contribution in [1.29, 1.82) is 0 Å². The van der Waals surface area contributed by atoms with Crippen molar-refractivity contribution in [1.82, 2.24) is 14.3 Å². The number of nitrogens with one attached hydrogen (secondary N) is 1. The molecule has 0 saturated heterocycles. The Morgan fingerprint density at radius 2 is 2.26 bits per heavy atom. The maximum absolute atomic E-state index is 11.9. The Bertz CT molecular complexity index is 583. The fourth-order valence-corrected chi connectivity index (χ4v) is 2.14. The highest BCUT2D eigenvalue weighted by Crippen LogP contribution is 2.14. The summed E-state index contributed by atoms with van der Waals surface area (Å²) in [6.45, 7) is 3.99. The number of hydrogen-bond donors (Lipinski definition) is 1. The predicted molar refractivity (Wildman–Crippen MR) is 75.5 cm³/mol. The average molecular weight is 277 g/mol. The van der Waals surface area contributed by atoms with Gasteiger partial charge in [0.25, 0.3) is 0 Å². The molecule has 2 aromatic rings. The van der Waals surface area contributed by atoms with Crippen LogP contribution in [0.15, 0.2) is 18.3 Å². The molecule has 6 nitrogen and oxygen atoms in total. The zero-order valence-electron chi connectivity index (χ0n) is 11.0. The molecule has 1 N–H and O–H groups in total. The fraction of sp³-hybridized carbons (Fsp3) is 0.333.